The van der Waals surface area contributed by atoms with Gasteiger partial charge in [0.15, 0.2) is 5.17 Å². The van der Waals surface area contributed by atoms with Crippen molar-refractivity contribution in [3.05, 3.63) is 76.7 Å². The van der Waals surface area contributed by atoms with Crippen LogP contribution in [-0.4, -0.2) is 45.2 Å². The SMILES string of the molecule is CCN1C(=O)/C(=C/c2cc(C)n(-c3cccnc3)c2C)SC1=Nc1ccc(N2CCCCC2)cc1. The van der Waals surface area contributed by atoms with Gasteiger partial charge >= 0.3 is 0 Å². The van der Waals surface area contributed by atoms with E-state index in [4.69, 9.17) is 4.99 Å². The average Bonchev–Trinajstić information content (AvgIpc) is 3.34. The molecule has 2 fully saturated rings. The monoisotopic (exact) mass is 485 g/mol. The molecule has 0 atom stereocenters. The number of aliphatic imine (C=N–C) groups is 1. The molecule has 0 spiro atoms. The molecule has 0 unspecified atom stereocenters. The van der Waals surface area contributed by atoms with Gasteiger partial charge in [-0.25, -0.2) is 4.99 Å². The van der Waals surface area contributed by atoms with Crippen molar-refractivity contribution in [2.45, 2.75) is 40.0 Å². The summed E-state index contributed by atoms with van der Waals surface area (Å²) in [5, 5.41) is 0.732. The molecule has 0 N–H and O–H groups in total. The Morgan fingerprint density at radius 1 is 1.06 bits per heavy atom. The Labute approximate surface area is 211 Å². The number of aromatic nitrogens is 2. The molecule has 6 nitrogen and oxygen atoms in total. The summed E-state index contributed by atoms with van der Waals surface area (Å²) in [6.45, 7) is 8.97. The van der Waals surface area contributed by atoms with Crippen molar-refractivity contribution in [3.63, 3.8) is 0 Å². The molecule has 1 amide bonds. The van der Waals surface area contributed by atoms with Gasteiger partial charge in [-0.1, -0.05) is 0 Å². The van der Waals surface area contributed by atoms with Gasteiger partial charge in [-0.2, -0.15) is 0 Å². The van der Waals surface area contributed by atoms with Gasteiger partial charge in [-0.15, -0.1) is 0 Å². The average molecular weight is 486 g/mol. The Hall–Kier alpha value is -3.32. The third-order valence-electron chi connectivity index (χ3n) is 6.66. The van der Waals surface area contributed by atoms with Crippen LogP contribution < -0.4 is 4.90 Å². The first-order chi connectivity index (χ1) is 17.0. The summed E-state index contributed by atoms with van der Waals surface area (Å²) in [4.78, 5) is 27.2. The van der Waals surface area contributed by atoms with Gasteiger partial charge < -0.3 is 9.47 Å². The van der Waals surface area contributed by atoms with Gasteiger partial charge in [-0.3, -0.25) is 14.7 Å². The molecule has 180 valence electrons. The minimum absolute atomic E-state index is 0.00682. The summed E-state index contributed by atoms with van der Waals surface area (Å²) in [5.41, 5.74) is 6.36. The summed E-state index contributed by atoms with van der Waals surface area (Å²) in [7, 11) is 0. The summed E-state index contributed by atoms with van der Waals surface area (Å²) in [5.74, 6) is 0.00682. The Morgan fingerprint density at radius 2 is 1.83 bits per heavy atom. The molecule has 0 radical (unpaired) electrons. The molecular formula is C28H31N5OS. The molecule has 3 aromatic rings. The van der Waals surface area contributed by atoms with E-state index < -0.39 is 0 Å². The van der Waals surface area contributed by atoms with E-state index in [-0.39, 0.29) is 5.91 Å². The fraction of sp³-hybridized carbons (Fsp3) is 0.321. The predicted octanol–water partition coefficient (Wildman–Crippen LogP) is 6.10. The van der Waals surface area contributed by atoms with Crippen LogP contribution in [0.25, 0.3) is 11.8 Å². The van der Waals surface area contributed by atoms with Crippen LogP contribution in [0.2, 0.25) is 0 Å². The van der Waals surface area contributed by atoms with E-state index in [9.17, 15) is 4.79 Å². The molecular weight excluding hydrogens is 454 g/mol. The number of hydrogen-bond donors (Lipinski definition) is 0. The number of carbonyl (C=O) groups is 1. The minimum atomic E-state index is 0.00682. The molecule has 0 saturated carbocycles. The molecule has 5 rings (SSSR count). The van der Waals surface area contributed by atoms with Crippen LogP contribution in [0, 0.1) is 13.8 Å². The first kappa shape index (κ1) is 23.4. The fourth-order valence-corrected chi connectivity index (χ4v) is 5.88. The van der Waals surface area contributed by atoms with Crippen molar-refractivity contribution in [3.8, 4) is 5.69 Å². The number of piperidine rings is 1. The number of amidine groups is 1. The number of benzene rings is 1. The lowest BCUT2D eigenvalue weighted by atomic mass is 10.1. The molecule has 7 heteroatoms. The van der Waals surface area contributed by atoms with Crippen molar-refractivity contribution in [2.75, 3.05) is 24.5 Å². The lowest BCUT2D eigenvalue weighted by Crippen LogP contribution is -2.29. The number of aryl methyl sites for hydroxylation is 1. The molecule has 1 aromatic carbocycles. The Bertz CT molecular complexity index is 1270. The molecule has 2 aliphatic rings. The molecule has 35 heavy (non-hydrogen) atoms. The largest absolute Gasteiger partial charge is 0.372 e. The molecule has 4 heterocycles. The number of rotatable bonds is 5. The number of amides is 1. The topological polar surface area (TPSA) is 53.7 Å². The predicted molar refractivity (Wildman–Crippen MR) is 146 cm³/mol. The molecule has 0 aliphatic carbocycles. The van der Waals surface area contributed by atoms with Crippen LogP contribution in [0.3, 0.4) is 0 Å². The van der Waals surface area contributed by atoms with E-state index in [1.54, 1.807) is 11.1 Å². The van der Waals surface area contributed by atoms with Crippen molar-refractivity contribution in [1.29, 1.82) is 0 Å². The van der Waals surface area contributed by atoms with Gasteiger partial charge in [-0.05, 0) is 106 Å². The fourth-order valence-electron chi connectivity index (χ4n) is 4.83. The van der Waals surface area contributed by atoms with Crippen LogP contribution in [-0.2, 0) is 4.79 Å². The van der Waals surface area contributed by atoms with E-state index >= 15 is 0 Å². The van der Waals surface area contributed by atoms with Gasteiger partial charge in [0.05, 0.1) is 22.5 Å². The first-order valence-electron chi connectivity index (χ1n) is 12.3. The highest BCUT2D eigenvalue weighted by Crippen LogP contribution is 2.35. The lowest BCUT2D eigenvalue weighted by molar-refractivity contribution is -0.122. The van der Waals surface area contributed by atoms with Gasteiger partial charge in [0.2, 0.25) is 0 Å². The van der Waals surface area contributed by atoms with E-state index in [1.165, 1.54) is 36.7 Å². The van der Waals surface area contributed by atoms with Crippen LogP contribution >= 0.6 is 11.8 Å². The second-order valence-electron chi connectivity index (χ2n) is 8.99. The number of pyridine rings is 1. The number of hydrogen-bond acceptors (Lipinski definition) is 5. The van der Waals surface area contributed by atoms with Gasteiger partial charge in [0.25, 0.3) is 5.91 Å². The quantitative estimate of drug-likeness (QED) is 0.410. The second-order valence-corrected chi connectivity index (χ2v) is 10.0. The molecule has 0 bridgehead atoms. The highest BCUT2D eigenvalue weighted by molar-refractivity contribution is 8.18. The van der Waals surface area contributed by atoms with Gasteiger partial charge in [0.1, 0.15) is 0 Å². The summed E-state index contributed by atoms with van der Waals surface area (Å²) >= 11 is 1.45. The maximum Gasteiger partial charge on any atom is 0.266 e. The van der Waals surface area contributed by atoms with E-state index in [1.807, 2.05) is 31.3 Å². The number of thioether (sulfide) groups is 1. The van der Waals surface area contributed by atoms with E-state index in [0.717, 1.165) is 46.6 Å². The van der Waals surface area contributed by atoms with Crippen molar-refractivity contribution in [2.24, 2.45) is 4.99 Å². The van der Waals surface area contributed by atoms with E-state index in [2.05, 4.69) is 58.6 Å². The Kier molecular flexibility index (Phi) is 6.77. The molecule has 2 aromatic heterocycles. The number of likely N-dealkylation sites (N-methyl/N-ethyl adjacent to an activating group) is 1. The van der Waals surface area contributed by atoms with Gasteiger partial charge in [0, 0.05) is 42.9 Å². The zero-order chi connectivity index (χ0) is 24.4. The Morgan fingerprint density at radius 3 is 2.51 bits per heavy atom. The normalized spacial score (nSPS) is 18.8. The highest BCUT2D eigenvalue weighted by Gasteiger charge is 2.32. The first-order valence-corrected chi connectivity index (χ1v) is 13.1. The summed E-state index contributed by atoms with van der Waals surface area (Å²) in [6, 6.07) is 14.5. The summed E-state index contributed by atoms with van der Waals surface area (Å²) in [6.07, 6.45) is 9.46. The molecule has 2 aliphatic heterocycles. The zero-order valence-corrected chi connectivity index (χ0v) is 21.4. The second kappa shape index (κ2) is 10.1. The summed E-state index contributed by atoms with van der Waals surface area (Å²) < 4.78 is 2.17. The number of anilines is 1. The molecule has 2 saturated heterocycles. The van der Waals surface area contributed by atoms with Crippen molar-refractivity contribution >= 4 is 40.3 Å². The number of nitrogens with zero attached hydrogens (tertiary/aromatic N) is 5. The highest BCUT2D eigenvalue weighted by atomic mass is 32.2. The standard InChI is InChI=1S/C28H31N5OS/c1-4-32-27(34)26(18-22-17-20(2)33(21(22)3)25-9-8-14-29-19-25)35-28(32)30-23-10-12-24(13-11-23)31-15-6-5-7-16-31/h8-14,17-19H,4-7,15-16H2,1-3H3/b26-18-,30-28?. The van der Waals surface area contributed by atoms with E-state index in [0.29, 0.717) is 11.4 Å². The van der Waals surface area contributed by atoms with Crippen LogP contribution in [0.1, 0.15) is 43.1 Å². The third kappa shape index (κ3) is 4.78. The maximum atomic E-state index is 13.2. The number of carbonyl (C=O) groups excluding carboxylic acids is 1. The third-order valence-corrected chi connectivity index (χ3v) is 7.67. The van der Waals surface area contributed by atoms with Crippen LogP contribution in [0.5, 0.6) is 0 Å². The van der Waals surface area contributed by atoms with Crippen LogP contribution in [0.4, 0.5) is 11.4 Å². The zero-order valence-electron chi connectivity index (χ0n) is 20.6. The smallest absolute Gasteiger partial charge is 0.266 e. The lowest BCUT2D eigenvalue weighted by Gasteiger charge is -2.28. The van der Waals surface area contributed by atoms with Crippen LogP contribution in [0.15, 0.2) is 64.8 Å². The van der Waals surface area contributed by atoms with Crippen molar-refractivity contribution in [1.82, 2.24) is 14.5 Å². The maximum absolute atomic E-state index is 13.2. The Balaban J connectivity index is 1.40. The minimum Gasteiger partial charge on any atom is -0.372 e. The van der Waals surface area contributed by atoms with Crippen molar-refractivity contribution < 1.29 is 4.79 Å².